The van der Waals surface area contributed by atoms with Gasteiger partial charge in [-0.3, -0.25) is 14.9 Å². The van der Waals surface area contributed by atoms with Crippen LogP contribution in [0.5, 0.6) is 0 Å². The summed E-state index contributed by atoms with van der Waals surface area (Å²) in [6, 6.07) is 0. The molecule has 2 heterocycles. The molecule has 5 nitrogen and oxygen atoms in total. The molecule has 0 aliphatic carbocycles. The van der Waals surface area contributed by atoms with Gasteiger partial charge in [-0.2, -0.15) is 0 Å². The molecular weight excluding hydrogens is 248 g/mol. The predicted octanol–water partition coefficient (Wildman–Crippen LogP) is -0.248. The third kappa shape index (κ3) is 2.72. The molecule has 0 spiro atoms. The number of carbonyl (C=O) groups excluding carboxylic acids is 2. The van der Waals surface area contributed by atoms with Gasteiger partial charge in [0.15, 0.2) is 0 Å². The maximum Gasteiger partial charge on any atom is 0.240 e. The molecule has 0 saturated carbocycles. The Hall–Kier alpha value is -0.660. The van der Waals surface area contributed by atoms with Crippen LogP contribution in [0.3, 0.4) is 0 Å². The number of morpholine rings is 1. The molecule has 0 bridgehead atoms. The van der Waals surface area contributed by atoms with Gasteiger partial charge in [0.1, 0.15) is 4.32 Å². The average molecular weight is 260 g/mol. The van der Waals surface area contributed by atoms with Crippen LogP contribution in [0.1, 0.15) is 6.42 Å². The highest BCUT2D eigenvalue weighted by Crippen LogP contribution is 2.23. The first-order valence-electron chi connectivity index (χ1n) is 5.04. The van der Waals surface area contributed by atoms with E-state index in [2.05, 4.69) is 5.32 Å². The smallest absolute Gasteiger partial charge is 0.240 e. The number of rotatable bonds is 1. The van der Waals surface area contributed by atoms with E-state index < -0.39 is 0 Å². The lowest BCUT2D eigenvalue weighted by Crippen LogP contribution is -2.39. The maximum atomic E-state index is 11.3. The number of imide groups is 1. The first-order chi connectivity index (χ1) is 7.66. The first kappa shape index (κ1) is 11.8. The molecule has 2 saturated heterocycles. The van der Waals surface area contributed by atoms with E-state index in [1.165, 1.54) is 11.8 Å². The second-order valence-corrected chi connectivity index (χ2v) is 5.42. The largest absolute Gasteiger partial charge is 0.378 e. The van der Waals surface area contributed by atoms with Crippen LogP contribution < -0.4 is 5.32 Å². The van der Waals surface area contributed by atoms with Crippen molar-refractivity contribution >= 4 is 40.1 Å². The molecule has 1 unspecified atom stereocenters. The van der Waals surface area contributed by atoms with Crippen LogP contribution in [0.25, 0.3) is 0 Å². The van der Waals surface area contributed by atoms with E-state index in [0.29, 0.717) is 17.5 Å². The van der Waals surface area contributed by atoms with E-state index in [1.807, 2.05) is 4.90 Å². The number of carbonyl (C=O) groups is 2. The van der Waals surface area contributed by atoms with E-state index in [9.17, 15) is 9.59 Å². The van der Waals surface area contributed by atoms with Crippen molar-refractivity contribution in [2.75, 3.05) is 26.3 Å². The van der Waals surface area contributed by atoms with Crippen LogP contribution in [0.15, 0.2) is 0 Å². The van der Waals surface area contributed by atoms with Crippen LogP contribution >= 0.6 is 24.0 Å². The van der Waals surface area contributed by atoms with Gasteiger partial charge >= 0.3 is 0 Å². The van der Waals surface area contributed by atoms with Crippen LogP contribution in [-0.4, -0.2) is 52.6 Å². The number of thiocarbonyl (C=S) groups is 1. The minimum absolute atomic E-state index is 0.215. The van der Waals surface area contributed by atoms with E-state index in [0.717, 1.165) is 13.1 Å². The summed E-state index contributed by atoms with van der Waals surface area (Å²) >= 11 is 6.54. The zero-order valence-corrected chi connectivity index (χ0v) is 10.2. The van der Waals surface area contributed by atoms with Crippen molar-refractivity contribution < 1.29 is 14.3 Å². The van der Waals surface area contributed by atoms with Gasteiger partial charge in [0.25, 0.3) is 0 Å². The molecule has 1 atom stereocenters. The Labute approximate surface area is 103 Å². The van der Waals surface area contributed by atoms with E-state index in [1.54, 1.807) is 0 Å². The topological polar surface area (TPSA) is 58.6 Å². The van der Waals surface area contributed by atoms with Gasteiger partial charge in [-0.25, -0.2) is 0 Å². The zero-order chi connectivity index (χ0) is 11.5. The number of nitrogens with zero attached hydrogens (tertiary/aromatic N) is 1. The summed E-state index contributed by atoms with van der Waals surface area (Å²) in [6.07, 6.45) is 0.230. The Morgan fingerprint density at radius 2 is 2.12 bits per heavy atom. The lowest BCUT2D eigenvalue weighted by Gasteiger charge is -2.29. The summed E-state index contributed by atoms with van der Waals surface area (Å²) in [5.41, 5.74) is 0. The number of amides is 2. The number of hydrogen-bond donors (Lipinski definition) is 1. The lowest BCUT2D eigenvalue weighted by molar-refractivity contribution is -0.124. The lowest BCUT2D eigenvalue weighted by atomic mass is 10.4. The van der Waals surface area contributed by atoms with Crippen LogP contribution in [0.2, 0.25) is 0 Å². The average Bonchev–Trinajstić information content (AvgIpc) is 2.59. The quantitative estimate of drug-likeness (QED) is 0.518. The van der Waals surface area contributed by atoms with E-state index >= 15 is 0 Å². The number of hydrogen-bond acceptors (Lipinski definition) is 5. The number of thioether (sulfide) groups is 1. The molecule has 0 radical (unpaired) electrons. The SMILES string of the molecule is O=C1CC(SC(=S)N2CCOCC2)C(=O)N1. The maximum absolute atomic E-state index is 11.3. The van der Waals surface area contributed by atoms with Crippen molar-refractivity contribution in [1.82, 2.24) is 10.2 Å². The Kier molecular flexibility index (Phi) is 3.78. The highest BCUT2D eigenvalue weighted by Gasteiger charge is 2.33. The Balaban J connectivity index is 1.86. The van der Waals surface area contributed by atoms with Crippen molar-refractivity contribution in [1.29, 1.82) is 0 Å². The van der Waals surface area contributed by atoms with Gasteiger partial charge in [-0.15, -0.1) is 0 Å². The minimum Gasteiger partial charge on any atom is -0.378 e. The molecule has 7 heteroatoms. The predicted molar refractivity (Wildman–Crippen MR) is 64.1 cm³/mol. The Morgan fingerprint density at radius 3 is 2.69 bits per heavy atom. The first-order valence-corrected chi connectivity index (χ1v) is 6.32. The van der Waals surface area contributed by atoms with Crippen molar-refractivity contribution in [3.8, 4) is 0 Å². The van der Waals surface area contributed by atoms with Crippen LogP contribution in [-0.2, 0) is 14.3 Å². The number of nitrogens with one attached hydrogen (secondary N) is 1. The van der Waals surface area contributed by atoms with Crippen molar-refractivity contribution in [2.45, 2.75) is 11.7 Å². The fourth-order valence-corrected chi connectivity index (χ4v) is 3.07. The molecule has 2 rings (SSSR count). The van der Waals surface area contributed by atoms with Gasteiger partial charge < -0.3 is 9.64 Å². The zero-order valence-electron chi connectivity index (χ0n) is 8.60. The van der Waals surface area contributed by atoms with E-state index in [4.69, 9.17) is 17.0 Å². The highest BCUT2D eigenvalue weighted by molar-refractivity contribution is 8.23. The molecule has 1 N–H and O–H groups in total. The monoisotopic (exact) mass is 260 g/mol. The highest BCUT2D eigenvalue weighted by atomic mass is 32.2. The third-order valence-corrected chi connectivity index (χ3v) is 4.11. The molecule has 16 heavy (non-hydrogen) atoms. The second kappa shape index (κ2) is 5.11. The summed E-state index contributed by atoms with van der Waals surface area (Å²) in [4.78, 5) is 24.4. The van der Waals surface area contributed by atoms with Gasteiger partial charge in [-0.05, 0) is 0 Å². The Bertz CT molecular complexity index is 329. The molecule has 0 aromatic rings. The van der Waals surface area contributed by atoms with Gasteiger partial charge in [0.05, 0.1) is 18.5 Å². The third-order valence-electron chi connectivity index (χ3n) is 2.44. The molecule has 2 aliphatic heterocycles. The van der Waals surface area contributed by atoms with E-state index in [-0.39, 0.29) is 23.5 Å². The molecule has 0 aromatic heterocycles. The molecule has 2 amide bonds. The van der Waals surface area contributed by atoms with Crippen molar-refractivity contribution in [2.24, 2.45) is 0 Å². The summed E-state index contributed by atoms with van der Waals surface area (Å²) in [6.45, 7) is 2.84. The molecule has 88 valence electrons. The van der Waals surface area contributed by atoms with Crippen molar-refractivity contribution in [3.63, 3.8) is 0 Å². The van der Waals surface area contributed by atoms with Crippen LogP contribution in [0.4, 0.5) is 0 Å². The molecule has 2 aliphatic rings. The summed E-state index contributed by atoms with van der Waals surface area (Å²) in [7, 11) is 0. The standard InChI is InChI=1S/C9H12N2O3S2/c12-7-5-6(8(13)10-7)16-9(15)11-1-3-14-4-2-11/h6H,1-5H2,(H,10,12,13). The number of ether oxygens (including phenoxy) is 1. The molecular formula is C9H12N2O3S2. The summed E-state index contributed by atoms with van der Waals surface area (Å²) in [5, 5.41) is 1.92. The fraction of sp³-hybridized carbons (Fsp3) is 0.667. The fourth-order valence-electron chi connectivity index (χ4n) is 1.57. The second-order valence-electron chi connectivity index (χ2n) is 3.59. The van der Waals surface area contributed by atoms with Gasteiger partial charge in [-0.1, -0.05) is 24.0 Å². The minimum atomic E-state index is -0.358. The van der Waals surface area contributed by atoms with Gasteiger partial charge in [0.2, 0.25) is 11.8 Å². The van der Waals surface area contributed by atoms with Crippen LogP contribution in [0, 0.1) is 0 Å². The summed E-state index contributed by atoms with van der Waals surface area (Å²) < 4.78 is 5.89. The van der Waals surface area contributed by atoms with Gasteiger partial charge in [0, 0.05) is 19.5 Å². The molecule has 2 fully saturated rings. The van der Waals surface area contributed by atoms with Crippen molar-refractivity contribution in [3.05, 3.63) is 0 Å². The molecule has 0 aromatic carbocycles. The Morgan fingerprint density at radius 1 is 1.44 bits per heavy atom. The summed E-state index contributed by atoms with van der Waals surface area (Å²) in [5.74, 6) is -0.446. The normalized spacial score (nSPS) is 25.8.